The van der Waals surface area contributed by atoms with Gasteiger partial charge >= 0.3 is 0 Å². The largest absolute Gasteiger partial charge is 0.307 e. The van der Waals surface area contributed by atoms with E-state index < -0.39 is 10.0 Å². The maximum Gasteiger partial charge on any atom is 0.244 e. The fraction of sp³-hybridized carbons (Fsp3) is 0.200. The van der Waals surface area contributed by atoms with Crippen molar-refractivity contribution >= 4 is 31.8 Å². The number of sulfonamides is 1. The molecule has 2 aromatic heterocycles. The first-order chi connectivity index (χ1) is 9.42. The zero-order chi connectivity index (χ0) is 14.8. The highest BCUT2D eigenvalue weighted by atomic mass is 79.9. The summed E-state index contributed by atoms with van der Waals surface area (Å²) in [6, 6.07) is 3.15. The number of aryl methyl sites for hydroxylation is 1. The van der Waals surface area contributed by atoms with Crippen LogP contribution in [0.15, 0.2) is 33.9 Å². The molecule has 0 amide bonds. The highest BCUT2D eigenvalue weighted by molar-refractivity contribution is 9.10. The summed E-state index contributed by atoms with van der Waals surface area (Å²) in [6.45, 7) is 0.0830. The summed E-state index contributed by atoms with van der Waals surface area (Å²) in [4.78, 5) is 3.86. The number of nitrogens with two attached hydrogens (primary N) is 1. The maximum absolute atomic E-state index is 12.2. The minimum Gasteiger partial charge on any atom is -0.307 e. The highest BCUT2D eigenvalue weighted by Gasteiger charge is 2.20. The molecule has 0 spiro atoms. The number of aromatic nitrogens is 3. The fourth-order valence-corrected chi connectivity index (χ4v) is 3.16. The third-order valence-electron chi connectivity index (χ3n) is 2.46. The van der Waals surface area contributed by atoms with E-state index in [4.69, 9.17) is 5.84 Å². The lowest BCUT2D eigenvalue weighted by Crippen LogP contribution is -2.25. The van der Waals surface area contributed by atoms with Gasteiger partial charge in [0.05, 0.1) is 12.2 Å². The molecule has 2 rings (SSSR count). The zero-order valence-corrected chi connectivity index (χ0v) is 12.9. The van der Waals surface area contributed by atoms with Crippen LogP contribution in [0, 0.1) is 0 Å². The quantitative estimate of drug-likeness (QED) is 0.523. The van der Waals surface area contributed by atoms with Crippen molar-refractivity contribution in [1.82, 2.24) is 19.5 Å². The molecule has 0 saturated heterocycles. The molecule has 0 aliphatic carbocycles. The van der Waals surface area contributed by atoms with Gasteiger partial charge in [0.2, 0.25) is 10.0 Å². The van der Waals surface area contributed by atoms with Crippen molar-refractivity contribution in [2.75, 3.05) is 5.43 Å². The predicted octanol–water partition coefficient (Wildman–Crippen LogP) is 0.342. The molecule has 0 saturated carbocycles. The average molecular weight is 361 g/mol. The number of rotatable bonds is 5. The first-order valence-corrected chi connectivity index (χ1v) is 7.80. The number of halogens is 1. The molecule has 0 aliphatic heterocycles. The van der Waals surface area contributed by atoms with Gasteiger partial charge in [0.1, 0.15) is 4.90 Å². The van der Waals surface area contributed by atoms with Crippen molar-refractivity contribution in [3.8, 4) is 0 Å². The predicted molar refractivity (Wildman–Crippen MR) is 77.0 cm³/mol. The second-order valence-electron chi connectivity index (χ2n) is 3.95. The Morgan fingerprint density at radius 3 is 2.85 bits per heavy atom. The van der Waals surface area contributed by atoms with E-state index in [9.17, 15) is 8.42 Å². The molecule has 108 valence electrons. The van der Waals surface area contributed by atoms with E-state index in [2.05, 4.69) is 36.2 Å². The Hall–Kier alpha value is -1.49. The van der Waals surface area contributed by atoms with Crippen LogP contribution in [0.3, 0.4) is 0 Å². The Bertz CT molecular complexity index is 714. The lowest BCUT2D eigenvalue weighted by molar-refractivity contribution is 0.579. The lowest BCUT2D eigenvalue weighted by Gasteiger charge is -2.09. The molecule has 0 radical (unpaired) electrons. The van der Waals surface area contributed by atoms with Gasteiger partial charge in [-0.25, -0.2) is 24.0 Å². The van der Waals surface area contributed by atoms with Crippen LogP contribution >= 0.6 is 15.9 Å². The minimum atomic E-state index is -3.75. The Kier molecular flexibility index (Phi) is 4.38. The molecule has 2 heterocycles. The topological polar surface area (TPSA) is 115 Å². The molecule has 0 fully saturated rings. The molecule has 2 aromatic rings. The lowest BCUT2D eigenvalue weighted by atomic mass is 10.4. The van der Waals surface area contributed by atoms with Gasteiger partial charge in [-0.1, -0.05) is 0 Å². The van der Waals surface area contributed by atoms with Crippen LogP contribution in [0.2, 0.25) is 0 Å². The van der Waals surface area contributed by atoms with Crippen LogP contribution in [0.1, 0.15) is 5.69 Å². The molecular formula is C10H13BrN6O2S. The van der Waals surface area contributed by atoms with E-state index in [1.165, 1.54) is 12.3 Å². The van der Waals surface area contributed by atoms with Crippen molar-refractivity contribution in [2.45, 2.75) is 11.4 Å². The van der Waals surface area contributed by atoms with Crippen molar-refractivity contribution < 1.29 is 8.42 Å². The van der Waals surface area contributed by atoms with Gasteiger partial charge in [-0.15, -0.1) is 0 Å². The smallest absolute Gasteiger partial charge is 0.244 e. The van der Waals surface area contributed by atoms with E-state index in [-0.39, 0.29) is 17.3 Å². The molecule has 8 nitrogen and oxygen atoms in total. The summed E-state index contributed by atoms with van der Waals surface area (Å²) in [6.07, 6.45) is 3.18. The van der Waals surface area contributed by atoms with Gasteiger partial charge in [-0.3, -0.25) is 4.68 Å². The number of hydrogen-bond acceptors (Lipinski definition) is 6. The molecule has 0 bridgehead atoms. The van der Waals surface area contributed by atoms with Gasteiger partial charge in [0.25, 0.3) is 0 Å². The van der Waals surface area contributed by atoms with Gasteiger partial charge in [0, 0.05) is 23.9 Å². The van der Waals surface area contributed by atoms with E-state index in [1.54, 1.807) is 24.0 Å². The Labute approximate surface area is 124 Å². The van der Waals surface area contributed by atoms with Crippen LogP contribution < -0.4 is 16.0 Å². The summed E-state index contributed by atoms with van der Waals surface area (Å²) in [5.41, 5.74) is 2.87. The molecule has 4 N–H and O–H groups in total. The number of nitrogens with one attached hydrogen (secondary N) is 2. The maximum atomic E-state index is 12.2. The SMILES string of the molecule is Cn1ccc(CNS(=O)(=O)c2cc(Br)cnc2NN)n1. The van der Waals surface area contributed by atoms with Gasteiger partial charge in [-0.2, -0.15) is 5.10 Å². The van der Waals surface area contributed by atoms with E-state index >= 15 is 0 Å². The third kappa shape index (κ3) is 3.33. The van der Waals surface area contributed by atoms with Crippen molar-refractivity contribution in [2.24, 2.45) is 12.9 Å². The molecule has 0 atom stereocenters. The summed E-state index contributed by atoms with van der Waals surface area (Å²) >= 11 is 3.18. The van der Waals surface area contributed by atoms with Crippen LogP contribution in [0.4, 0.5) is 5.82 Å². The third-order valence-corrected chi connectivity index (χ3v) is 4.31. The Balaban J connectivity index is 2.24. The number of nitrogen functional groups attached to an aromatic ring is 1. The van der Waals surface area contributed by atoms with Crippen molar-refractivity contribution in [1.29, 1.82) is 0 Å². The fourth-order valence-electron chi connectivity index (χ4n) is 1.54. The summed E-state index contributed by atoms with van der Waals surface area (Å²) < 4.78 is 29.1. The zero-order valence-electron chi connectivity index (χ0n) is 10.5. The molecule has 0 aliphatic rings. The Morgan fingerprint density at radius 1 is 1.50 bits per heavy atom. The van der Waals surface area contributed by atoms with Crippen LogP contribution in [0.25, 0.3) is 0 Å². The van der Waals surface area contributed by atoms with Crippen LogP contribution in [0.5, 0.6) is 0 Å². The van der Waals surface area contributed by atoms with Crippen LogP contribution in [-0.2, 0) is 23.6 Å². The number of pyridine rings is 1. The molecular weight excluding hydrogens is 348 g/mol. The molecule has 0 unspecified atom stereocenters. The summed E-state index contributed by atoms with van der Waals surface area (Å²) in [5, 5.41) is 4.09. The van der Waals surface area contributed by atoms with Crippen molar-refractivity contribution in [3.05, 3.63) is 34.7 Å². The average Bonchev–Trinajstić information content (AvgIpc) is 2.82. The molecule has 0 aromatic carbocycles. The molecule has 20 heavy (non-hydrogen) atoms. The van der Waals surface area contributed by atoms with Gasteiger partial charge in [-0.05, 0) is 28.1 Å². The van der Waals surface area contributed by atoms with E-state index in [1.807, 2.05) is 0 Å². The monoisotopic (exact) mass is 360 g/mol. The number of hydrazine groups is 1. The van der Waals surface area contributed by atoms with Crippen molar-refractivity contribution in [3.63, 3.8) is 0 Å². The minimum absolute atomic E-state index is 0.0368. The summed E-state index contributed by atoms with van der Waals surface area (Å²) in [5.74, 6) is 5.34. The number of nitrogens with zero attached hydrogens (tertiary/aromatic N) is 3. The standard InChI is InChI=1S/C10H13BrN6O2S/c1-17-3-2-8(16-17)6-14-20(18,19)9-4-7(11)5-13-10(9)15-12/h2-5,14H,6,12H2,1H3,(H,13,15). The Morgan fingerprint density at radius 2 is 2.25 bits per heavy atom. The number of hydrogen-bond donors (Lipinski definition) is 3. The van der Waals surface area contributed by atoms with E-state index in [0.29, 0.717) is 10.2 Å². The number of anilines is 1. The van der Waals surface area contributed by atoms with Crippen LogP contribution in [-0.4, -0.2) is 23.2 Å². The summed E-state index contributed by atoms with van der Waals surface area (Å²) in [7, 11) is -1.99. The highest BCUT2D eigenvalue weighted by Crippen LogP contribution is 2.22. The first kappa shape index (κ1) is 14.9. The van der Waals surface area contributed by atoms with E-state index in [0.717, 1.165) is 0 Å². The normalized spacial score (nSPS) is 11.6. The first-order valence-electron chi connectivity index (χ1n) is 5.53. The van der Waals surface area contributed by atoms with Gasteiger partial charge in [0.15, 0.2) is 5.82 Å². The second kappa shape index (κ2) is 5.87. The van der Waals surface area contributed by atoms with Gasteiger partial charge < -0.3 is 5.43 Å². The molecule has 10 heteroatoms. The second-order valence-corrected chi connectivity index (χ2v) is 6.60.